The van der Waals surface area contributed by atoms with Gasteiger partial charge in [0.15, 0.2) is 6.61 Å². The standard InChI is InChI=1S/C18H11Cl2N3O2/c19-12-4-3-11(9-21)15(8-12)23-17(24)10-25-16-6-5-14(20)13-2-1-7-22-18(13)16/h1-8H,10H2,(H,23,24). The van der Waals surface area contributed by atoms with Gasteiger partial charge in [0.05, 0.1) is 16.3 Å². The number of ether oxygens (including phenoxy) is 1. The van der Waals surface area contributed by atoms with E-state index in [0.29, 0.717) is 32.6 Å². The summed E-state index contributed by atoms with van der Waals surface area (Å²) in [6, 6.07) is 13.6. The molecular weight excluding hydrogens is 361 g/mol. The van der Waals surface area contributed by atoms with Crippen molar-refractivity contribution in [3.8, 4) is 11.8 Å². The van der Waals surface area contributed by atoms with Crippen LogP contribution in [0, 0.1) is 11.3 Å². The first-order valence-electron chi connectivity index (χ1n) is 7.24. The number of nitrogens with one attached hydrogen (secondary N) is 1. The predicted molar refractivity (Wildman–Crippen MR) is 97.0 cm³/mol. The Bertz CT molecular complexity index is 999. The van der Waals surface area contributed by atoms with Crippen LogP contribution in [0.15, 0.2) is 48.7 Å². The van der Waals surface area contributed by atoms with Crippen molar-refractivity contribution in [1.29, 1.82) is 5.26 Å². The van der Waals surface area contributed by atoms with Gasteiger partial charge in [0.25, 0.3) is 5.91 Å². The minimum absolute atomic E-state index is 0.245. The number of carbonyl (C=O) groups is 1. The zero-order valence-corrected chi connectivity index (χ0v) is 14.3. The number of amides is 1. The van der Waals surface area contributed by atoms with Gasteiger partial charge in [-0.05, 0) is 42.5 Å². The minimum atomic E-state index is -0.419. The number of fused-ring (bicyclic) bond motifs is 1. The molecule has 5 nitrogen and oxygen atoms in total. The normalized spacial score (nSPS) is 10.3. The number of benzene rings is 2. The van der Waals surface area contributed by atoms with Crippen molar-refractivity contribution in [1.82, 2.24) is 4.98 Å². The van der Waals surface area contributed by atoms with E-state index in [-0.39, 0.29) is 6.61 Å². The third-order valence-electron chi connectivity index (χ3n) is 3.41. The molecule has 1 aromatic heterocycles. The van der Waals surface area contributed by atoms with Gasteiger partial charge in [0.2, 0.25) is 0 Å². The molecule has 0 aliphatic rings. The van der Waals surface area contributed by atoms with Crippen molar-refractivity contribution < 1.29 is 9.53 Å². The number of hydrogen-bond donors (Lipinski definition) is 1. The van der Waals surface area contributed by atoms with Crippen molar-refractivity contribution in [2.75, 3.05) is 11.9 Å². The van der Waals surface area contributed by atoms with Gasteiger partial charge in [-0.3, -0.25) is 9.78 Å². The Morgan fingerprint density at radius 1 is 1.24 bits per heavy atom. The molecule has 0 saturated heterocycles. The van der Waals surface area contributed by atoms with Crippen LogP contribution in [0.3, 0.4) is 0 Å². The van der Waals surface area contributed by atoms with Crippen LogP contribution in [0.25, 0.3) is 10.9 Å². The van der Waals surface area contributed by atoms with Gasteiger partial charge in [0, 0.05) is 16.6 Å². The summed E-state index contributed by atoms with van der Waals surface area (Å²) in [4.78, 5) is 16.4. The van der Waals surface area contributed by atoms with Crippen LogP contribution in [0.1, 0.15) is 5.56 Å². The van der Waals surface area contributed by atoms with Crippen LogP contribution in [-0.2, 0) is 4.79 Å². The van der Waals surface area contributed by atoms with Crippen molar-refractivity contribution in [2.45, 2.75) is 0 Å². The summed E-state index contributed by atoms with van der Waals surface area (Å²) in [6.45, 7) is -0.245. The Morgan fingerprint density at radius 3 is 2.88 bits per heavy atom. The largest absolute Gasteiger partial charge is 0.481 e. The van der Waals surface area contributed by atoms with Gasteiger partial charge in [0.1, 0.15) is 17.3 Å². The molecule has 124 valence electrons. The molecule has 0 unspecified atom stereocenters. The minimum Gasteiger partial charge on any atom is -0.481 e. The molecule has 1 N–H and O–H groups in total. The van der Waals surface area contributed by atoms with E-state index < -0.39 is 5.91 Å². The smallest absolute Gasteiger partial charge is 0.262 e. The lowest BCUT2D eigenvalue weighted by Gasteiger charge is -2.11. The van der Waals surface area contributed by atoms with Gasteiger partial charge in [-0.25, -0.2) is 0 Å². The summed E-state index contributed by atoms with van der Waals surface area (Å²) in [6.07, 6.45) is 1.62. The summed E-state index contributed by atoms with van der Waals surface area (Å²) in [5, 5.41) is 13.4. The molecule has 0 fully saturated rings. The van der Waals surface area contributed by atoms with E-state index in [1.165, 1.54) is 12.1 Å². The van der Waals surface area contributed by atoms with E-state index >= 15 is 0 Å². The third-order valence-corrected chi connectivity index (χ3v) is 3.98. The molecule has 3 rings (SSSR count). The average Bonchev–Trinajstić information content (AvgIpc) is 2.62. The van der Waals surface area contributed by atoms with E-state index in [9.17, 15) is 4.79 Å². The lowest BCUT2D eigenvalue weighted by molar-refractivity contribution is -0.118. The Labute approximate surface area is 153 Å². The van der Waals surface area contributed by atoms with E-state index in [0.717, 1.165) is 5.39 Å². The highest BCUT2D eigenvalue weighted by Gasteiger charge is 2.11. The van der Waals surface area contributed by atoms with Crippen LogP contribution >= 0.6 is 23.2 Å². The van der Waals surface area contributed by atoms with Crippen molar-refractivity contribution >= 4 is 45.7 Å². The van der Waals surface area contributed by atoms with Crippen LogP contribution in [0.2, 0.25) is 10.0 Å². The Hall–Kier alpha value is -2.81. The van der Waals surface area contributed by atoms with Crippen molar-refractivity contribution in [2.24, 2.45) is 0 Å². The monoisotopic (exact) mass is 371 g/mol. The molecule has 0 saturated carbocycles. The first-order chi connectivity index (χ1) is 12.1. The zero-order chi connectivity index (χ0) is 17.8. The van der Waals surface area contributed by atoms with E-state index in [2.05, 4.69) is 10.3 Å². The molecule has 25 heavy (non-hydrogen) atoms. The molecule has 0 aliphatic carbocycles. The van der Waals surface area contributed by atoms with Crippen LogP contribution in [0.4, 0.5) is 5.69 Å². The zero-order valence-electron chi connectivity index (χ0n) is 12.8. The first kappa shape index (κ1) is 17.0. The molecule has 3 aromatic rings. The number of hydrogen-bond acceptors (Lipinski definition) is 4. The number of aromatic nitrogens is 1. The number of pyridine rings is 1. The maximum atomic E-state index is 12.1. The van der Waals surface area contributed by atoms with Crippen LogP contribution in [0.5, 0.6) is 5.75 Å². The quantitative estimate of drug-likeness (QED) is 0.735. The molecule has 1 heterocycles. The number of carbonyl (C=O) groups excluding carboxylic acids is 1. The molecule has 0 atom stereocenters. The summed E-state index contributed by atoms with van der Waals surface area (Å²) in [7, 11) is 0. The number of nitriles is 1. The topological polar surface area (TPSA) is 75.0 Å². The van der Waals surface area contributed by atoms with Crippen molar-refractivity contribution in [3.63, 3.8) is 0 Å². The SMILES string of the molecule is N#Cc1ccc(Cl)cc1NC(=O)COc1ccc(Cl)c2cccnc12. The van der Waals surface area contributed by atoms with E-state index in [1.807, 2.05) is 12.1 Å². The summed E-state index contributed by atoms with van der Waals surface area (Å²) in [5.74, 6) is 0.0274. The Kier molecular flexibility index (Phi) is 5.03. The lowest BCUT2D eigenvalue weighted by atomic mass is 10.2. The molecule has 0 aliphatic heterocycles. The summed E-state index contributed by atoms with van der Waals surface area (Å²) in [5.41, 5.74) is 1.22. The highest BCUT2D eigenvalue weighted by Crippen LogP contribution is 2.29. The molecule has 0 spiro atoms. The molecule has 2 aromatic carbocycles. The van der Waals surface area contributed by atoms with Gasteiger partial charge in [-0.2, -0.15) is 5.26 Å². The second-order valence-corrected chi connectivity index (χ2v) is 5.93. The number of anilines is 1. The fourth-order valence-electron chi connectivity index (χ4n) is 2.28. The second kappa shape index (κ2) is 7.39. The predicted octanol–water partition coefficient (Wildman–Crippen LogP) is 4.43. The maximum absolute atomic E-state index is 12.1. The molecule has 0 bridgehead atoms. The number of nitrogens with zero attached hydrogens (tertiary/aromatic N) is 2. The van der Waals surface area contributed by atoms with Gasteiger partial charge in [-0.1, -0.05) is 23.2 Å². The molecule has 1 amide bonds. The first-order valence-corrected chi connectivity index (χ1v) is 7.99. The van der Waals surface area contributed by atoms with Gasteiger partial charge < -0.3 is 10.1 Å². The van der Waals surface area contributed by atoms with Crippen LogP contribution < -0.4 is 10.1 Å². The van der Waals surface area contributed by atoms with Crippen molar-refractivity contribution in [3.05, 3.63) is 64.3 Å². The fourth-order valence-corrected chi connectivity index (χ4v) is 2.66. The summed E-state index contributed by atoms with van der Waals surface area (Å²) >= 11 is 12.0. The number of halogens is 2. The summed E-state index contributed by atoms with van der Waals surface area (Å²) < 4.78 is 5.56. The van der Waals surface area contributed by atoms with Crippen LogP contribution in [-0.4, -0.2) is 17.5 Å². The lowest BCUT2D eigenvalue weighted by Crippen LogP contribution is -2.20. The van der Waals surface area contributed by atoms with E-state index in [4.69, 9.17) is 33.2 Å². The van der Waals surface area contributed by atoms with E-state index in [1.54, 1.807) is 30.5 Å². The molecule has 0 radical (unpaired) electrons. The second-order valence-electron chi connectivity index (χ2n) is 5.08. The Balaban J connectivity index is 1.75. The molecule has 7 heteroatoms. The molecular formula is C18H11Cl2N3O2. The average molecular weight is 372 g/mol. The highest BCUT2D eigenvalue weighted by atomic mass is 35.5. The van der Waals surface area contributed by atoms with Gasteiger partial charge in [-0.15, -0.1) is 0 Å². The fraction of sp³-hybridized carbons (Fsp3) is 0.0556. The highest BCUT2D eigenvalue weighted by molar-refractivity contribution is 6.35. The number of rotatable bonds is 4. The third kappa shape index (κ3) is 3.82. The maximum Gasteiger partial charge on any atom is 0.262 e. The van der Waals surface area contributed by atoms with Gasteiger partial charge >= 0.3 is 0 Å². The Morgan fingerprint density at radius 2 is 2.08 bits per heavy atom.